The number of benzene rings is 2. The van der Waals surface area contributed by atoms with E-state index in [0.717, 1.165) is 5.69 Å². The topological polar surface area (TPSA) is 106 Å². The van der Waals surface area contributed by atoms with Crippen LogP contribution in [0.15, 0.2) is 48.5 Å². The number of anilines is 3. The Morgan fingerprint density at radius 2 is 1.75 bits per heavy atom. The minimum Gasteiger partial charge on any atom is -0.475 e. The summed E-state index contributed by atoms with van der Waals surface area (Å²) in [5, 5.41) is 14.4. The van der Waals surface area contributed by atoms with Gasteiger partial charge in [0.25, 0.3) is 0 Å². The molecule has 7 nitrogen and oxygen atoms in total. The van der Waals surface area contributed by atoms with Crippen LogP contribution in [0.1, 0.15) is 5.56 Å². The molecule has 0 aliphatic rings. The molecule has 0 saturated carbocycles. The number of carboxylic acid groups (broad SMARTS) is 1. The summed E-state index contributed by atoms with van der Waals surface area (Å²) < 4.78 is 33.3. The van der Waals surface area contributed by atoms with Gasteiger partial charge in [-0.15, -0.1) is 5.10 Å². The van der Waals surface area contributed by atoms with Crippen LogP contribution in [0.4, 0.5) is 30.8 Å². The summed E-state index contributed by atoms with van der Waals surface area (Å²) in [6.07, 6.45) is -5.08. The normalized spacial score (nSPS) is 10.8. The number of aliphatic carboxylic acids is 1. The van der Waals surface area contributed by atoms with Gasteiger partial charge >= 0.3 is 12.1 Å². The van der Waals surface area contributed by atoms with Gasteiger partial charge in [0.1, 0.15) is 0 Å². The number of nitrogens with two attached hydrogens (primary N) is 1. The number of nitrogen functional groups attached to an aromatic ring is 1. The first kappa shape index (κ1) is 20.7. The van der Waals surface area contributed by atoms with Gasteiger partial charge < -0.3 is 16.2 Å². The maximum Gasteiger partial charge on any atom is 0.490 e. The van der Waals surface area contributed by atoms with Gasteiger partial charge in [-0.25, -0.2) is 9.48 Å². The number of hydrogen-bond acceptors (Lipinski definition) is 5. The largest absolute Gasteiger partial charge is 0.490 e. The van der Waals surface area contributed by atoms with Crippen LogP contribution >= 0.6 is 0 Å². The zero-order valence-corrected chi connectivity index (χ0v) is 15.0. The molecule has 0 atom stereocenters. The summed E-state index contributed by atoms with van der Waals surface area (Å²) in [5.41, 5.74) is 10.2. The van der Waals surface area contributed by atoms with Crippen LogP contribution in [0.25, 0.3) is 11.1 Å². The highest BCUT2D eigenvalue weighted by Crippen LogP contribution is 2.23. The van der Waals surface area contributed by atoms with E-state index in [1.54, 1.807) is 7.05 Å². The average Bonchev–Trinajstić information content (AvgIpc) is 2.92. The van der Waals surface area contributed by atoms with Crippen molar-refractivity contribution in [3.8, 4) is 11.1 Å². The number of aromatic nitrogens is 3. The number of hydrogen-bond donors (Lipinski definition) is 3. The fourth-order valence-corrected chi connectivity index (χ4v) is 2.15. The molecule has 0 aliphatic heterocycles. The molecule has 1 heterocycles. The van der Waals surface area contributed by atoms with E-state index < -0.39 is 12.1 Å². The van der Waals surface area contributed by atoms with Crippen LogP contribution in [0, 0.1) is 6.92 Å². The van der Waals surface area contributed by atoms with E-state index in [4.69, 9.17) is 15.6 Å². The number of carbonyl (C=O) groups is 1. The number of nitrogens with one attached hydrogen (secondary N) is 1. The fraction of sp³-hybridized carbons (Fsp3) is 0.167. The highest BCUT2D eigenvalue weighted by Gasteiger charge is 2.38. The predicted octanol–water partition coefficient (Wildman–Crippen LogP) is 3.75. The lowest BCUT2D eigenvalue weighted by Crippen LogP contribution is -2.21. The summed E-state index contributed by atoms with van der Waals surface area (Å²) >= 11 is 0. The first-order valence-electron chi connectivity index (χ1n) is 7.97. The first-order valence-corrected chi connectivity index (χ1v) is 7.97. The van der Waals surface area contributed by atoms with Crippen molar-refractivity contribution in [3.63, 3.8) is 0 Å². The number of halogens is 3. The summed E-state index contributed by atoms with van der Waals surface area (Å²) in [7, 11) is 1.76. The minimum absolute atomic E-state index is 0.383. The van der Waals surface area contributed by atoms with Crippen molar-refractivity contribution in [3.05, 3.63) is 54.1 Å². The average molecular weight is 393 g/mol. The zero-order chi connectivity index (χ0) is 20.9. The van der Waals surface area contributed by atoms with Crippen LogP contribution in [-0.4, -0.2) is 32.0 Å². The Kier molecular flexibility index (Phi) is 6.24. The zero-order valence-electron chi connectivity index (χ0n) is 15.0. The molecule has 0 saturated heterocycles. The Labute approximate surface area is 158 Å². The van der Waals surface area contributed by atoms with Crippen molar-refractivity contribution in [1.82, 2.24) is 14.8 Å². The molecule has 0 fully saturated rings. The van der Waals surface area contributed by atoms with E-state index in [0.29, 0.717) is 11.9 Å². The van der Waals surface area contributed by atoms with Gasteiger partial charge in [-0.3, -0.25) is 0 Å². The van der Waals surface area contributed by atoms with Gasteiger partial charge in [-0.05, 0) is 30.2 Å². The number of alkyl halides is 3. The maximum atomic E-state index is 10.6. The molecule has 0 aliphatic carbocycles. The van der Waals surface area contributed by atoms with Crippen molar-refractivity contribution in [2.75, 3.05) is 11.1 Å². The molecule has 3 rings (SSSR count). The Balaban J connectivity index is 0.000000345. The lowest BCUT2D eigenvalue weighted by atomic mass is 10.0. The van der Waals surface area contributed by atoms with Crippen molar-refractivity contribution in [2.24, 2.45) is 7.05 Å². The maximum absolute atomic E-state index is 10.6. The van der Waals surface area contributed by atoms with Gasteiger partial charge in [0.15, 0.2) is 0 Å². The molecule has 0 radical (unpaired) electrons. The van der Waals surface area contributed by atoms with Gasteiger partial charge in [0, 0.05) is 12.7 Å². The lowest BCUT2D eigenvalue weighted by Gasteiger charge is -2.05. The quantitative estimate of drug-likeness (QED) is 0.626. The second-order valence-corrected chi connectivity index (χ2v) is 5.79. The second kappa shape index (κ2) is 8.42. The summed E-state index contributed by atoms with van der Waals surface area (Å²) in [6, 6.07) is 16.6. The molecular weight excluding hydrogens is 375 g/mol. The van der Waals surface area contributed by atoms with Crippen molar-refractivity contribution < 1.29 is 23.1 Å². The third-order valence-electron chi connectivity index (χ3n) is 3.53. The lowest BCUT2D eigenvalue weighted by molar-refractivity contribution is -0.192. The van der Waals surface area contributed by atoms with E-state index in [2.05, 4.69) is 58.7 Å². The third kappa shape index (κ3) is 5.73. The Bertz CT molecular complexity index is 933. The molecular formula is C18H18F3N5O2. The SMILES string of the molecule is Cc1cccc(-c2ccc(Nc3nc(N)n(C)n3)cc2)c1.O=C(O)C(F)(F)F. The molecule has 4 N–H and O–H groups in total. The van der Waals surface area contributed by atoms with Crippen LogP contribution in [0.3, 0.4) is 0 Å². The molecule has 0 bridgehead atoms. The van der Waals surface area contributed by atoms with E-state index in [1.807, 2.05) is 12.1 Å². The van der Waals surface area contributed by atoms with Gasteiger partial charge in [-0.2, -0.15) is 18.2 Å². The molecule has 0 spiro atoms. The molecule has 1 aromatic heterocycles. The van der Waals surface area contributed by atoms with Crippen LogP contribution in [0.5, 0.6) is 0 Å². The standard InChI is InChI=1S/C16H17N5.C2HF3O2/c1-11-4-3-5-13(10-11)12-6-8-14(9-7-12)18-16-19-15(17)21(2)20-16;3-2(4,5)1(6)7/h3-10H,1-2H3,(H3,17,18,19,20);(H,6,7). The Hall–Kier alpha value is -3.56. The number of carboxylic acids is 1. The van der Waals surface area contributed by atoms with E-state index in [-0.39, 0.29) is 0 Å². The van der Waals surface area contributed by atoms with E-state index >= 15 is 0 Å². The van der Waals surface area contributed by atoms with Crippen LogP contribution in [-0.2, 0) is 11.8 Å². The Morgan fingerprint density at radius 3 is 2.21 bits per heavy atom. The van der Waals surface area contributed by atoms with Gasteiger partial charge in [0.2, 0.25) is 11.9 Å². The monoisotopic (exact) mass is 393 g/mol. The van der Waals surface area contributed by atoms with Crippen LogP contribution < -0.4 is 11.1 Å². The smallest absolute Gasteiger partial charge is 0.475 e. The highest BCUT2D eigenvalue weighted by molar-refractivity contribution is 5.73. The summed E-state index contributed by atoms with van der Waals surface area (Å²) in [5.74, 6) is -1.88. The van der Waals surface area contributed by atoms with E-state index in [1.165, 1.54) is 21.4 Å². The molecule has 2 aromatic carbocycles. The van der Waals surface area contributed by atoms with Crippen LogP contribution in [0.2, 0.25) is 0 Å². The fourth-order valence-electron chi connectivity index (χ4n) is 2.15. The van der Waals surface area contributed by atoms with E-state index in [9.17, 15) is 13.2 Å². The van der Waals surface area contributed by atoms with Crippen molar-refractivity contribution in [1.29, 1.82) is 0 Å². The summed E-state index contributed by atoms with van der Waals surface area (Å²) in [6.45, 7) is 2.09. The number of nitrogens with zero attached hydrogens (tertiary/aromatic N) is 3. The summed E-state index contributed by atoms with van der Waals surface area (Å²) in [4.78, 5) is 13.0. The van der Waals surface area contributed by atoms with Gasteiger partial charge in [-0.1, -0.05) is 42.0 Å². The molecule has 0 amide bonds. The Morgan fingerprint density at radius 1 is 1.14 bits per heavy atom. The molecule has 28 heavy (non-hydrogen) atoms. The highest BCUT2D eigenvalue weighted by atomic mass is 19.4. The molecule has 148 valence electrons. The minimum atomic E-state index is -5.08. The van der Waals surface area contributed by atoms with Gasteiger partial charge in [0.05, 0.1) is 0 Å². The predicted molar refractivity (Wildman–Crippen MR) is 99.0 cm³/mol. The molecule has 0 unspecified atom stereocenters. The number of aryl methyl sites for hydroxylation is 2. The second-order valence-electron chi connectivity index (χ2n) is 5.79. The van der Waals surface area contributed by atoms with Crippen molar-refractivity contribution >= 4 is 23.6 Å². The third-order valence-corrected chi connectivity index (χ3v) is 3.53. The first-order chi connectivity index (χ1) is 13.1. The van der Waals surface area contributed by atoms with Crippen molar-refractivity contribution in [2.45, 2.75) is 13.1 Å². The molecule has 3 aromatic rings. The molecule has 10 heteroatoms. The number of rotatable bonds is 3.